The first-order chi connectivity index (χ1) is 8.60. The minimum absolute atomic E-state index is 0.0264. The van der Waals surface area contributed by atoms with E-state index in [1.165, 1.54) is 13.2 Å². The second-order valence-corrected chi connectivity index (χ2v) is 3.79. The Bertz CT molecular complexity index is 453. The molecule has 0 spiro atoms. The summed E-state index contributed by atoms with van der Waals surface area (Å²) >= 11 is 0. The Morgan fingerprint density at radius 2 is 2.44 bits per heavy atom. The SMILES string of the molecule is COc1cc(O[C@@H]2CO[C@@H](C(=O)O)C2)c(F)cn1. The zero-order valence-electron chi connectivity index (χ0n) is 9.63. The normalized spacial score (nSPS) is 22.8. The van der Waals surface area contributed by atoms with Gasteiger partial charge in [-0.15, -0.1) is 0 Å². The summed E-state index contributed by atoms with van der Waals surface area (Å²) in [5.41, 5.74) is 0. The van der Waals surface area contributed by atoms with Crippen LogP contribution in [-0.4, -0.2) is 42.0 Å². The van der Waals surface area contributed by atoms with Gasteiger partial charge >= 0.3 is 5.97 Å². The van der Waals surface area contributed by atoms with Gasteiger partial charge in [-0.3, -0.25) is 0 Å². The van der Waals surface area contributed by atoms with Crippen LogP contribution < -0.4 is 9.47 Å². The highest BCUT2D eigenvalue weighted by Crippen LogP contribution is 2.25. The first kappa shape index (κ1) is 12.6. The molecule has 1 aromatic heterocycles. The van der Waals surface area contributed by atoms with Gasteiger partial charge in [0.1, 0.15) is 6.10 Å². The van der Waals surface area contributed by atoms with E-state index in [0.29, 0.717) is 0 Å². The first-order valence-corrected chi connectivity index (χ1v) is 5.30. The molecule has 0 saturated carbocycles. The molecule has 2 atom stereocenters. The third-order valence-electron chi connectivity index (χ3n) is 2.53. The maximum Gasteiger partial charge on any atom is 0.332 e. The van der Waals surface area contributed by atoms with Gasteiger partial charge in [0.05, 0.1) is 19.9 Å². The van der Waals surface area contributed by atoms with E-state index in [9.17, 15) is 9.18 Å². The zero-order valence-corrected chi connectivity index (χ0v) is 9.63. The van der Waals surface area contributed by atoms with E-state index in [1.54, 1.807) is 0 Å². The average molecular weight is 257 g/mol. The van der Waals surface area contributed by atoms with Crippen molar-refractivity contribution >= 4 is 5.97 Å². The molecule has 0 aliphatic carbocycles. The van der Waals surface area contributed by atoms with Gasteiger partial charge in [0.15, 0.2) is 17.7 Å². The second-order valence-electron chi connectivity index (χ2n) is 3.79. The summed E-state index contributed by atoms with van der Waals surface area (Å²) in [4.78, 5) is 14.4. The molecule has 1 N–H and O–H groups in total. The quantitative estimate of drug-likeness (QED) is 0.861. The van der Waals surface area contributed by atoms with E-state index < -0.39 is 24.0 Å². The molecule has 1 aromatic rings. The summed E-state index contributed by atoms with van der Waals surface area (Å²) in [7, 11) is 1.41. The standard InChI is InChI=1S/C11H12FNO5/c1-16-10-3-8(7(12)4-13-10)18-6-2-9(11(14)15)17-5-6/h3-4,6,9H,2,5H2,1H3,(H,14,15)/t6-,9+/m0/s1. The van der Waals surface area contributed by atoms with Gasteiger partial charge in [0, 0.05) is 12.5 Å². The minimum Gasteiger partial charge on any atom is -0.485 e. The van der Waals surface area contributed by atoms with Crippen molar-refractivity contribution in [3.63, 3.8) is 0 Å². The molecule has 1 fully saturated rings. The molecule has 2 heterocycles. The fraction of sp³-hybridized carbons (Fsp3) is 0.455. The van der Waals surface area contributed by atoms with Gasteiger partial charge in [0.2, 0.25) is 5.88 Å². The maximum absolute atomic E-state index is 13.4. The van der Waals surface area contributed by atoms with Crippen LogP contribution in [0.25, 0.3) is 0 Å². The summed E-state index contributed by atoms with van der Waals surface area (Å²) in [5.74, 6) is -1.48. The number of rotatable bonds is 4. The van der Waals surface area contributed by atoms with E-state index in [4.69, 9.17) is 19.3 Å². The predicted octanol–water partition coefficient (Wildman–Crippen LogP) is 0.850. The highest BCUT2D eigenvalue weighted by atomic mass is 19.1. The number of hydrogen-bond donors (Lipinski definition) is 1. The first-order valence-electron chi connectivity index (χ1n) is 5.30. The van der Waals surface area contributed by atoms with Crippen LogP contribution in [0.5, 0.6) is 11.6 Å². The van der Waals surface area contributed by atoms with Crippen molar-refractivity contribution in [3.8, 4) is 11.6 Å². The number of aromatic nitrogens is 1. The Hall–Kier alpha value is -1.89. The Morgan fingerprint density at radius 3 is 3.06 bits per heavy atom. The van der Waals surface area contributed by atoms with E-state index >= 15 is 0 Å². The van der Waals surface area contributed by atoms with Crippen molar-refractivity contribution in [1.29, 1.82) is 0 Å². The number of pyridine rings is 1. The topological polar surface area (TPSA) is 77.9 Å². The fourth-order valence-electron chi connectivity index (χ4n) is 1.64. The van der Waals surface area contributed by atoms with Crippen LogP contribution in [0.1, 0.15) is 6.42 Å². The molecule has 98 valence electrons. The van der Waals surface area contributed by atoms with Crippen LogP contribution in [-0.2, 0) is 9.53 Å². The molecule has 0 bridgehead atoms. The Labute approximate surface area is 102 Å². The highest BCUT2D eigenvalue weighted by molar-refractivity contribution is 5.72. The van der Waals surface area contributed by atoms with Gasteiger partial charge in [-0.1, -0.05) is 0 Å². The molecule has 18 heavy (non-hydrogen) atoms. The molecule has 1 saturated heterocycles. The lowest BCUT2D eigenvalue weighted by Gasteiger charge is -2.12. The number of halogens is 1. The van der Waals surface area contributed by atoms with E-state index in [2.05, 4.69) is 4.98 Å². The van der Waals surface area contributed by atoms with Crippen molar-refractivity contribution in [2.75, 3.05) is 13.7 Å². The monoisotopic (exact) mass is 257 g/mol. The third-order valence-corrected chi connectivity index (χ3v) is 2.53. The summed E-state index contributed by atoms with van der Waals surface area (Å²) in [6.45, 7) is 0.112. The molecule has 0 radical (unpaired) electrons. The van der Waals surface area contributed by atoms with Gasteiger partial charge in [-0.05, 0) is 0 Å². The van der Waals surface area contributed by atoms with E-state index in [-0.39, 0.29) is 24.7 Å². The molecular weight excluding hydrogens is 245 g/mol. The molecule has 2 rings (SSSR count). The van der Waals surface area contributed by atoms with Gasteiger partial charge in [-0.2, -0.15) is 0 Å². The summed E-state index contributed by atoms with van der Waals surface area (Å²) in [6.07, 6.45) is -0.229. The number of carboxylic acid groups (broad SMARTS) is 1. The van der Waals surface area contributed by atoms with Crippen LogP contribution in [0.4, 0.5) is 4.39 Å². The molecule has 7 heteroatoms. The largest absolute Gasteiger partial charge is 0.485 e. The van der Waals surface area contributed by atoms with Gasteiger partial charge in [-0.25, -0.2) is 14.2 Å². The second kappa shape index (κ2) is 5.18. The molecule has 1 aliphatic rings. The summed E-state index contributed by atoms with van der Waals surface area (Å²) in [5, 5.41) is 8.75. The van der Waals surface area contributed by atoms with E-state index in [0.717, 1.165) is 6.20 Å². The van der Waals surface area contributed by atoms with Crippen LogP contribution >= 0.6 is 0 Å². The fourth-order valence-corrected chi connectivity index (χ4v) is 1.64. The van der Waals surface area contributed by atoms with Crippen molar-refractivity contribution in [3.05, 3.63) is 18.1 Å². The number of ether oxygens (including phenoxy) is 3. The molecule has 0 aromatic carbocycles. The lowest BCUT2D eigenvalue weighted by Crippen LogP contribution is -2.21. The Kier molecular flexibility index (Phi) is 3.61. The lowest BCUT2D eigenvalue weighted by atomic mass is 10.2. The Balaban J connectivity index is 2.04. The van der Waals surface area contributed by atoms with Gasteiger partial charge < -0.3 is 19.3 Å². The van der Waals surface area contributed by atoms with Crippen molar-refractivity contribution in [1.82, 2.24) is 4.98 Å². The average Bonchev–Trinajstić information content (AvgIpc) is 2.81. The predicted molar refractivity (Wildman–Crippen MR) is 57.2 cm³/mol. The van der Waals surface area contributed by atoms with Gasteiger partial charge in [0.25, 0.3) is 0 Å². The number of hydrogen-bond acceptors (Lipinski definition) is 5. The number of carboxylic acids is 1. The number of aliphatic carboxylic acids is 1. The molecular formula is C11H12FNO5. The zero-order chi connectivity index (χ0) is 13.1. The molecule has 6 nitrogen and oxygen atoms in total. The van der Waals surface area contributed by atoms with Crippen LogP contribution in [0.15, 0.2) is 12.3 Å². The van der Waals surface area contributed by atoms with Crippen molar-refractivity contribution in [2.24, 2.45) is 0 Å². The van der Waals surface area contributed by atoms with Crippen molar-refractivity contribution < 1.29 is 28.5 Å². The van der Waals surface area contributed by atoms with Crippen LogP contribution in [0.3, 0.4) is 0 Å². The lowest BCUT2D eigenvalue weighted by molar-refractivity contribution is -0.147. The highest BCUT2D eigenvalue weighted by Gasteiger charge is 2.32. The number of carbonyl (C=O) groups is 1. The van der Waals surface area contributed by atoms with Crippen LogP contribution in [0.2, 0.25) is 0 Å². The van der Waals surface area contributed by atoms with Crippen molar-refractivity contribution in [2.45, 2.75) is 18.6 Å². The summed E-state index contributed by atoms with van der Waals surface area (Å²) in [6, 6.07) is 1.31. The minimum atomic E-state index is -1.05. The number of methoxy groups -OCH3 is 1. The third kappa shape index (κ3) is 2.67. The smallest absolute Gasteiger partial charge is 0.332 e. The molecule has 0 amide bonds. The summed E-state index contributed by atoms with van der Waals surface area (Å²) < 4.78 is 28.6. The molecule has 0 unspecified atom stereocenters. The maximum atomic E-state index is 13.4. The van der Waals surface area contributed by atoms with Crippen LogP contribution in [0, 0.1) is 5.82 Å². The Morgan fingerprint density at radius 1 is 1.67 bits per heavy atom. The van der Waals surface area contributed by atoms with E-state index in [1.807, 2.05) is 0 Å². The number of nitrogens with zero attached hydrogens (tertiary/aromatic N) is 1. The molecule has 1 aliphatic heterocycles.